The quantitative estimate of drug-likeness (QED) is 0.653. The molecule has 3 amide bonds. The molecule has 1 aromatic heterocycles. The van der Waals surface area contributed by atoms with Gasteiger partial charge in [-0.1, -0.05) is 16.8 Å². The van der Waals surface area contributed by atoms with Gasteiger partial charge in [0.2, 0.25) is 6.41 Å². The molecular formula is C20H29ClN4O4. The van der Waals surface area contributed by atoms with E-state index in [1.165, 1.54) is 19.3 Å². The number of aromatic nitrogens is 1. The molecule has 2 aromatic rings. The largest absolute Gasteiger partial charge is 0.397 e. The Balaban J connectivity index is 0.000000228. The van der Waals surface area contributed by atoms with Gasteiger partial charge in [0.1, 0.15) is 5.52 Å². The Morgan fingerprint density at radius 2 is 2.03 bits per heavy atom. The van der Waals surface area contributed by atoms with Gasteiger partial charge in [-0.15, -0.1) is 0 Å². The molecule has 1 aliphatic heterocycles. The minimum Gasteiger partial charge on any atom is -0.397 e. The number of piperidine rings is 1. The number of amides is 3. The van der Waals surface area contributed by atoms with E-state index in [9.17, 15) is 9.59 Å². The lowest BCUT2D eigenvalue weighted by atomic mass is 10.1. The van der Waals surface area contributed by atoms with Gasteiger partial charge in [0, 0.05) is 36.1 Å². The van der Waals surface area contributed by atoms with Crippen molar-refractivity contribution in [2.75, 3.05) is 19.7 Å². The lowest BCUT2D eigenvalue weighted by Gasteiger charge is -2.21. The zero-order valence-corrected chi connectivity index (χ0v) is 17.5. The van der Waals surface area contributed by atoms with Crippen molar-refractivity contribution < 1.29 is 19.2 Å². The van der Waals surface area contributed by atoms with E-state index in [2.05, 4.69) is 15.8 Å². The maximum Gasteiger partial charge on any atom is 0.315 e. The second kappa shape index (κ2) is 12.3. The van der Waals surface area contributed by atoms with Crippen LogP contribution in [0.5, 0.6) is 0 Å². The zero-order chi connectivity index (χ0) is 21.1. The molecule has 1 saturated heterocycles. The summed E-state index contributed by atoms with van der Waals surface area (Å²) < 4.78 is 5.19. The molecule has 3 N–H and O–H groups in total. The van der Waals surface area contributed by atoms with Gasteiger partial charge in [-0.25, -0.2) is 4.79 Å². The first-order valence-electron chi connectivity index (χ1n) is 9.95. The van der Waals surface area contributed by atoms with Gasteiger partial charge in [0.25, 0.3) is 0 Å². The normalized spacial score (nSPS) is 15.5. The fraction of sp³-hybridized carbons (Fsp3) is 0.550. The predicted molar refractivity (Wildman–Crippen MR) is 112 cm³/mol. The van der Waals surface area contributed by atoms with Crippen LogP contribution in [-0.2, 0) is 11.3 Å². The molecule has 1 aliphatic carbocycles. The van der Waals surface area contributed by atoms with Gasteiger partial charge in [0.15, 0.2) is 5.76 Å². The van der Waals surface area contributed by atoms with Crippen LogP contribution in [0.2, 0.25) is 5.02 Å². The van der Waals surface area contributed by atoms with Crippen molar-refractivity contribution in [1.82, 2.24) is 20.7 Å². The molecule has 0 atom stereocenters. The fourth-order valence-electron chi connectivity index (χ4n) is 2.74. The van der Waals surface area contributed by atoms with Crippen molar-refractivity contribution in [2.24, 2.45) is 0 Å². The highest BCUT2D eigenvalue weighted by atomic mass is 35.5. The number of likely N-dealkylation sites (tertiary alicyclic amines) is 1. The first-order chi connectivity index (χ1) is 14.1. The number of benzene rings is 1. The van der Waals surface area contributed by atoms with Crippen LogP contribution in [0.1, 0.15) is 44.8 Å². The van der Waals surface area contributed by atoms with Gasteiger partial charge in [-0.2, -0.15) is 0 Å². The van der Waals surface area contributed by atoms with Gasteiger partial charge in [0.05, 0.1) is 6.54 Å². The van der Waals surface area contributed by atoms with Crippen molar-refractivity contribution >= 4 is 34.9 Å². The minimum atomic E-state index is -0.177. The van der Waals surface area contributed by atoms with Crippen LogP contribution in [0.25, 0.3) is 10.9 Å². The summed E-state index contributed by atoms with van der Waals surface area (Å²) in [5.41, 5.74) is 0.735. The molecule has 0 bridgehead atoms. The number of nitrogens with one attached hydrogen (secondary N) is 2. The topological polar surface area (TPSA) is 108 Å². The summed E-state index contributed by atoms with van der Waals surface area (Å²) in [4.78, 5) is 23.4. The Kier molecular flexibility index (Phi) is 9.73. The van der Waals surface area contributed by atoms with E-state index in [4.69, 9.17) is 21.2 Å². The predicted octanol–water partition coefficient (Wildman–Crippen LogP) is 3.07. The number of carbonyl (C=O) groups excluding carboxylic acids is 2. The van der Waals surface area contributed by atoms with Gasteiger partial charge in [-0.3, -0.25) is 4.79 Å². The first-order valence-corrected chi connectivity index (χ1v) is 10.3. The van der Waals surface area contributed by atoms with Gasteiger partial charge >= 0.3 is 6.03 Å². The third kappa shape index (κ3) is 8.29. The molecular weight excluding hydrogens is 396 g/mol. The van der Waals surface area contributed by atoms with E-state index in [0.717, 1.165) is 43.2 Å². The van der Waals surface area contributed by atoms with Crippen LogP contribution in [-0.4, -0.2) is 53.3 Å². The van der Waals surface area contributed by atoms with Crippen molar-refractivity contribution in [3.05, 3.63) is 29.0 Å². The summed E-state index contributed by atoms with van der Waals surface area (Å²) in [7, 11) is 0. The van der Waals surface area contributed by atoms with Crippen molar-refractivity contribution in [1.29, 1.82) is 0 Å². The van der Waals surface area contributed by atoms with Crippen molar-refractivity contribution in [3.63, 3.8) is 0 Å². The highest BCUT2D eigenvalue weighted by molar-refractivity contribution is 6.31. The summed E-state index contributed by atoms with van der Waals surface area (Å²) in [6.45, 7) is 4.18. The van der Waals surface area contributed by atoms with Crippen molar-refractivity contribution in [3.8, 4) is 0 Å². The lowest BCUT2D eigenvalue weighted by Crippen LogP contribution is -2.36. The first kappa shape index (κ1) is 23.0. The molecule has 1 saturated carbocycles. The van der Waals surface area contributed by atoms with E-state index in [-0.39, 0.29) is 12.6 Å². The zero-order valence-electron chi connectivity index (χ0n) is 16.7. The molecule has 0 spiro atoms. The van der Waals surface area contributed by atoms with E-state index < -0.39 is 0 Å². The van der Waals surface area contributed by atoms with Gasteiger partial charge in [-0.05, 0) is 57.2 Å². The maximum absolute atomic E-state index is 11.5. The number of carbonyl (C=O) groups is 2. The molecule has 0 unspecified atom stereocenters. The summed E-state index contributed by atoms with van der Waals surface area (Å²) in [6.07, 6.45) is 6.75. The van der Waals surface area contributed by atoms with E-state index in [1.807, 2.05) is 4.90 Å². The Morgan fingerprint density at radius 1 is 1.34 bits per heavy atom. The molecule has 9 heteroatoms. The Bertz CT molecular complexity index is 773. The van der Waals surface area contributed by atoms with Crippen molar-refractivity contribution in [2.45, 2.75) is 51.6 Å². The number of hydrogen-bond donors (Lipinski definition) is 3. The fourth-order valence-corrected chi connectivity index (χ4v) is 2.91. The summed E-state index contributed by atoms with van der Waals surface area (Å²) in [5, 5.41) is 18.5. The average Bonchev–Trinajstić information content (AvgIpc) is 3.46. The highest BCUT2D eigenvalue weighted by Crippen LogP contribution is 2.22. The second-order valence-electron chi connectivity index (χ2n) is 6.89. The number of nitrogens with zero attached hydrogens (tertiary/aromatic N) is 2. The average molecular weight is 425 g/mol. The number of rotatable bonds is 4. The summed E-state index contributed by atoms with van der Waals surface area (Å²) >= 11 is 5.92. The highest BCUT2D eigenvalue weighted by Gasteiger charge is 2.23. The molecule has 29 heavy (non-hydrogen) atoms. The van der Waals surface area contributed by atoms with E-state index in [1.54, 1.807) is 25.1 Å². The summed E-state index contributed by atoms with van der Waals surface area (Å²) in [6, 6.07) is 5.48. The molecule has 160 valence electrons. The smallest absolute Gasteiger partial charge is 0.315 e. The number of urea groups is 1. The SMILES string of the molecule is CCO.O=C(NCc1onc2ccc(Cl)cc12)NC1CC1.O=CN1CCCCC1. The molecule has 0 radical (unpaired) electrons. The van der Waals surface area contributed by atoms with Crippen LogP contribution >= 0.6 is 11.6 Å². The van der Waals surface area contributed by atoms with Crippen LogP contribution in [0.3, 0.4) is 0 Å². The lowest BCUT2D eigenvalue weighted by molar-refractivity contribution is -0.118. The van der Waals surface area contributed by atoms with E-state index >= 15 is 0 Å². The Morgan fingerprint density at radius 3 is 2.62 bits per heavy atom. The molecule has 1 aromatic carbocycles. The maximum atomic E-state index is 11.5. The third-order valence-corrected chi connectivity index (χ3v) is 4.61. The monoisotopic (exact) mass is 424 g/mol. The van der Waals surface area contributed by atoms with Crippen LogP contribution in [0, 0.1) is 0 Å². The van der Waals surface area contributed by atoms with Gasteiger partial charge < -0.3 is 25.2 Å². The third-order valence-electron chi connectivity index (χ3n) is 4.37. The molecule has 2 heterocycles. The molecule has 8 nitrogen and oxygen atoms in total. The van der Waals surface area contributed by atoms with Crippen LogP contribution in [0.15, 0.2) is 22.7 Å². The van der Waals surface area contributed by atoms with E-state index in [0.29, 0.717) is 23.4 Å². The minimum absolute atomic E-state index is 0.177. The summed E-state index contributed by atoms with van der Waals surface area (Å²) in [5.74, 6) is 0.610. The number of halogens is 1. The van der Waals surface area contributed by atoms with Crippen LogP contribution < -0.4 is 10.6 Å². The number of aliphatic hydroxyl groups excluding tert-OH is 1. The standard InChI is InChI=1S/C12H12ClN3O2.C6H11NO.C2H6O/c13-7-1-4-10-9(5-7)11(18-16-10)6-14-12(17)15-8-2-3-8;8-6-7-4-2-1-3-5-7;1-2-3/h1,4-5,8H,2-3,6H2,(H2,14,15,17);6H,1-5H2;3H,2H2,1H3. The van der Waals surface area contributed by atoms with Crippen LogP contribution in [0.4, 0.5) is 4.79 Å². The number of fused-ring (bicyclic) bond motifs is 1. The molecule has 2 aliphatic rings. The number of hydrogen-bond acceptors (Lipinski definition) is 5. The molecule has 2 fully saturated rings. The Hall–Kier alpha value is -2.32. The Labute approximate surface area is 175 Å². The molecule has 4 rings (SSSR count). The number of aliphatic hydroxyl groups is 1. The second-order valence-corrected chi connectivity index (χ2v) is 7.32.